The van der Waals surface area contributed by atoms with Crippen molar-refractivity contribution in [2.75, 3.05) is 19.0 Å². The zero-order valence-electron chi connectivity index (χ0n) is 10.5. The van der Waals surface area contributed by atoms with Crippen LogP contribution in [0.3, 0.4) is 0 Å². The molecule has 0 aliphatic rings. The second-order valence-corrected chi connectivity index (χ2v) is 4.85. The highest BCUT2D eigenvalue weighted by Crippen LogP contribution is 2.15. The molecule has 1 heteroatoms. The summed E-state index contributed by atoms with van der Waals surface area (Å²) in [7, 11) is 4.15. The van der Waals surface area contributed by atoms with Crippen molar-refractivity contribution < 1.29 is 0 Å². The summed E-state index contributed by atoms with van der Waals surface area (Å²) < 4.78 is 0. The van der Waals surface area contributed by atoms with Crippen molar-refractivity contribution in [3.8, 4) is 0 Å². The van der Waals surface area contributed by atoms with Crippen LogP contribution >= 0.6 is 0 Å². The zero-order chi connectivity index (χ0) is 11.3. The Morgan fingerprint density at radius 2 is 1.67 bits per heavy atom. The van der Waals surface area contributed by atoms with Crippen LogP contribution in [0.5, 0.6) is 0 Å². The van der Waals surface area contributed by atoms with Gasteiger partial charge in [0.05, 0.1) is 0 Å². The second kappa shape index (κ2) is 5.79. The predicted octanol–water partition coefficient (Wildman–Crippen LogP) is 3.73. The van der Waals surface area contributed by atoms with E-state index in [0.717, 1.165) is 5.92 Å². The second-order valence-electron chi connectivity index (χ2n) is 4.85. The average molecular weight is 205 g/mol. The molecule has 0 spiro atoms. The number of hydrogen-bond donors (Lipinski definition) is 0. The molecule has 1 nitrogen and oxygen atoms in total. The van der Waals surface area contributed by atoms with E-state index in [1.165, 1.54) is 30.5 Å². The van der Waals surface area contributed by atoms with Gasteiger partial charge in [-0.25, -0.2) is 0 Å². The van der Waals surface area contributed by atoms with Crippen molar-refractivity contribution in [2.45, 2.75) is 33.1 Å². The minimum absolute atomic E-state index is 0.825. The van der Waals surface area contributed by atoms with E-state index in [4.69, 9.17) is 0 Å². The summed E-state index contributed by atoms with van der Waals surface area (Å²) in [4.78, 5) is 2.14. The molecule has 0 fully saturated rings. The molecule has 15 heavy (non-hydrogen) atoms. The molecule has 1 aromatic rings. The lowest BCUT2D eigenvalue weighted by molar-refractivity contribution is 0.556. The molecule has 1 aromatic carbocycles. The van der Waals surface area contributed by atoms with Gasteiger partial charge in [-0.15, -0.1) is 0 Å². The molecule has 0 aliphatic carbocycles. The number of nitrogens with zero attached hydrogens (tertiary/aromatic N) is 1. The molecule has 0 heterocycles. The van der Waals surface area contributed by atoms with Crippen molar-refractivity contribution in [3.05, 3.63) is 29.8 Å². The van der Waals surface area contributed by atoms with Crippen LogP contribution in [0.1, 0.15) is 32.3 Å². The number of benzene rings is 1. The first-order chi connectivity index (χ1) is 7.09. The maximum absolute atomic E-state index is 2.29. The van der Waals surface area contributed by atoms with Gasteiger partial charge in [-0.3, -0.25) is 0 Å². The summed E-state index contributed by atoms with van der Waals surface area (Å²) in [5.41, 5.74) is 2.74. The van der Waals surface area contributed by atoms with Gasteiger partial charge in [-0.1, -0.05) is 32.4 Å². The van der Waals surface area contributed by atoms with Crippen LogP contribution in [-0.2, 0) is 6.42 Å². The third-order valence-electron chi connectivity index (χ3n) is 2.70. The van der Waals surface area contributed by atoms with Crippen LogP contribution in [0.2, 0.25) is 0 Å². The zero-order valence-corrected chi connectivity index (χ0v) is 10.5. The highest BCUT2D eigenvalue weighted by atomic mass is 15.1. The molecule has 0 N–H and O–H groups in total. The van der Waals surface area contributed by atoms with E-state index in [2.05, 4.69) is 57.1 Å². The lowest BCUT2D eigenvalue weighted by Gasteiger charge is -2.12. The number of rotatable bonds is 5. The molecule has 0 bridgehead atoms. The highest BCUT2D eigenvalue weighted by Gasteiger charge is 1.98. The number of hydrogen-bond acceptors (Lipinski definition) is 1. The lowest BCUT2D eigenvalue weighted by atomic mass is 10.0. The maximum atomic E-state index is 2.29. The molecule has 0 aliphatic heterocycles. The molecule has 1 rings (SSSR count). The number of aryl methyl sites for hydroxylation is 1. The van der Waals surface area contributed by atoms with Crippen LogP contribution in [0.25, 0.3) is 0 Å². The third-order valence-corrected chi connectivity index (χ3v) is 2.70. The van der Waals surface area contributed by atoms with Crippen LogP contribution in [0.4, 0.5) is 5.69 Å². The van der Waals surface area contributed by atoms with E-state index in [1.54, 1.807) is 0 Å². The summed E-state index contributed by atoms with van der Waals surface area (Å²) in [6.07, 6.45) is 3.85. The summed E-state index contributed by atoms with van der Waals surface area (Å²) in [6.45, 7) is 4.57. The van der Waals surface area contributed by atoms with Gasteiger partial charge in [0.1, 0.15) is 0 Å². The van der Waals surface area contributed by atoms with Crippen molar-refractivity contribution in [3.63, 3.8) is 0 Å². The van der Waals surface area contributed by atoms with Crippen molar-refractivity contribution in [1.82, 2.24) is 0 Å². The smallest absolute Gasteiger partial charge is 0.0361 e. The van der Waals surface area contributed by atoms with Crippen LogP contribution in [-0.4, -0.2) is 14.1 Å². The Labute approximate surface area is 94.1 Å². The first kappa shape index (κ1) is 12.1. The van der Waals surface area contributed by atoms with E-state index in [-0.39, 0.29) is 0 Å². The Bertz CT molecular complexity index is 272. The first-order valence-corrected chi connectivity index (χ1v) is 5.86. The predicted molar refractivity (Wildman–Crippen MR) is 68.5 cm³/mol. The molecular weight excluding hydrogens is 182 g/mol. The van der Waals surface area contributed by atoms with Crippen LogP contribution in [0.15, 0.2) is 24.3 Å². The molecule has 0 amide bonds. The average Bonchev–Trinajstić information content (AvgIpc) is 2.18. The molecule has 0 saturated carbocycles. The van der Waals surface area contributed by atoms with Gasteiger partial charge in [0.2, 0.25) is 0 Å². The Kier molecular flexibility index (Phi) is 4.67. The summed E-state index contributed by atoms with van der Waals surface area (Å²) >= 11 is 0. The molecule has 0 atom stereocenters. The molecule has 0 unspecified atom stereocenters. The largest absolute Gasteiger partial charge is 0.378 e. The van der Waals surface area contributed by atoms with Crippen LogP contribution in [0, 0.1) is 5.92 Å². The fraction of sp³-hybridized carbons (Fsp3) is 0.571. The topological polar surface area (TPSA) is 3.24 Å². The molecule has 0 radical (unpaired) electrons. The summed E-state index contributed by atoms with van der Waals surface area (Å²) in [5, 5.41) is 0. The van der Waals surface area contributed by atoms with Gasteiger partial charge >= 0.3 is 0 Å². The van der Waals surface area contributed by atoms with E-state index in [0.29, 0.717) is 0 Å². The lowest BCUT2D eigenvalue weighted by Crippen LogP contribution is -2.08. The van der Waals surface area contributed by atoms with Gasteiger partial charge in [-0.2, -0.15) is 0 Å². The summed E-state index contributed by atoms with van der Waals surface area (Å²) in [6, 6.07) is 8.89. The van der Waals surface area contributed by atoms with Crippen LogP contribution < -0.4 is 4.90 Å². The van der Waals surface area contributed by atoms with Gasteiger partial charge in [0.25, 0.3) is 0 Å². The van der Waals surface area contributed by atoms with Gasteiger partial charge in [-0.05, 0) is 36.5 Å². The van der Waals surface area contributed by atoms with E-state index >= 15 is 0 Å². The first-order valence-electron chi connectivity index (χ1n) is 5.86. The monoisotopic (exact) mass is 205 g/mol. The minimum atomic E-state index is 0.825. The third kappa shape index (κ3) is 4.37. The normalized spacial score (nSPS) is 10.7. The SMILES string of the molecule is CC(C)CCCc1ccc(N(C)C)cc1. The van der Waals surface area contributed by atoms with E-state index in [1.807, 2.05) is 0 Å². The fourth-order valence-corrected chi connectivity index (χ4v) is 1.68. The van der Waals surface area contributed by atoms with E-state index in [9.17, 15) is 0 Å². The molecule has 0 aromatic heterocycles. The minimum Gasteiger partial charge on any atom is -0.378 e. The van der Waals surface area contributed by atoms with E-state index < -0.39 is 0 Å². The van der Waals surface area contributed by atoms with Crippen molar-refractivity contribution >= 4 is 5.69 Å². The molecule has 0 saturated heterocycles. The standard InChI is InChI=1S/C14H23N/c1-12(2)6-5-7-13-8-10-14(11-9-13)15(3)4/h8-12H,5-7H2,1-4H3. The Balaban J connectivity index is 2.43. The van der Waals surface area contributed by atoms with Gasteiger partial charge in [0.15, 0.2) is 0 Å². The quantitative estimate of drug-likeness (QED) is 0.708. The Hall–Kier alpha value is -0.980. The number of anilines is 1. The highest BCUT2D eigenvalue weighted by molar-refractivity contribution is 5.45. The van der Waals surface area contributed by atoms with Gasteiger partial charge < -0.3 is 4.90 Å². The Morgan fingerprint density at radius 1 is 1.07 bits per heavy atom. The van der Waals surface area contributed by atoms with Crippen molar-refractivity contribution in [2.24, 2.45) is 5.92 Å². The molecular formula is C14H23N. The Morgan fingerprint density at radius 3 is 2.13 bits per heavy atom. The maximum Gasteiger partial charge on any atom is 0.0361 e. The molecule has 84 valence electrons. The van der Waals surface area contributed by atoms with Gasteiger partial charge in [0, 0.05) is 19.8 Å². The fourth-order valence-electron chi connectivity index (χ4n) is 1.68. The van der Waals surface area contributed by atoms with Crippen molar-refractivity contribution in [1.29, 1.82) is 0 Å². The summed E-state index contributed by atoms with van der Waals surface area (Å²) in [5.74, 6) is 0.825.